The molecule has 0 fully saturated rings. The summed E-state index contributed by atoms with van der Waals surface area (Å²) in [5.74, 6) is -0.349. The number of para-hydroxylation sites is 1. The van der Waals surface area contributed by atoms with E-state index < -0.39 is 11.6 Å². The molecule has 3 aromatic carbocycles. The molecule has 0 unspecified atom stereocenters. The lowest BCUT2D eigenvalue weighted by atomic mass is 9.96. The molecule has 0 aromatic heterocycles. The molecule has 0 saturated carbocycles. The minimum Gasteiger partial charge on any atom is -0.356 e. The summed E-state index contributed by atoms with van der Waals surface area (Å²) in [5.41, 5.74) is 11.3. The molecule has 1 heterocycles. The second kappa shape index (κ2) is 12.3. The first-order valence-electron chi connectivity index (χ1n) is 13.6. The number of nitrogens with two attached hydrogens (primary N) is 1. The van der Waals surface area contributed by atoms with Gasteiger partial charge in [0.1, 0.15) is 6.04 Å². The van der Waals surface area contributed by atoms with Crippen molar-refractivity contribution in [2.75, 3.05) is 11.4 Å². The van der Waals surface area contributed by atoms with Crippen LogP contribution in [0.15, 0.2) is 72.8 Å². The third-order valence-corrected chi connectivity index (χ3v) is 6.85. The molecule has 39 heavy (non-hydrogen) atoms. The molecule has 1 aliphatic rings. The number of carbonyl (C=O) groups excluding carboxylic acids is 3. The number of benzene rings is 3. The number of rotatable bonds is 9. The predicted octanol–water partition coefficient (Wildman–Crippen LogP) is 4.12. The normalized spacial score (nSPS) is 15.3. The first kappa shape index (κ1) is 28.0. The van der Waals surface area contributed by atoms with E-state index >= 15 is 0 Å². The Balaban J connectivity index is 1.56. The van der Waals surface area contributed by atoms with E-state index in [2.05, 4.69) is 10.6 Å². The summed E-state index contributed by atoms with van der Waals surface area (Å²) < 4.78 is 0. The smallest absolute Gasteiger partial charge is 0.249 e. The quantitative estimate of drug-likeness (QED) is 0.390. The Morgan fingerprint density at radius 3 is 2.38 bits per heavy atom. The van der Waals surface area contributed by atoms with E-state index in [1.165, 1.54) is 0 Å². The third-order valence-electron chi connectivity index (χ3n) is 6.85. The Labute approximate surface area is 230 Å². The zero-order chi connectivity index (χ0) is 28.0. The second-order valence-electron chi connectivity index (χ2n) is 10.9. The number of hydrogen-bond acceptors (Lipinski definition) is 4. The molecule has 1 aliphatic heterocycles. The maximum Gasteiger partial charge on any atom is 0.249 e. The van der Waals surface area contributed by atoms with Crippen molar-refractivity contribution in [2.24, 2.45) is 5.73 Å². The summed E-state index contributed by atoms with van der Waals surface area (Å²) in [5, 5.41) is 5.80. The van der Waals surface area contributed by atoms with Crippen molar-refractivity contribution in [3.05, 3.63) is 89.5 Å². The summed E-state index contributed by atoms with van der Waals surface area (Å²) in [6.07, 6.45) is 1.69. The predicted molar refractivity (Wildman–Crippen MR) is 155 cm³/mol. The third kappa shape index (κ3) is 7.33. The molecule has 1 atom stereocenters. The van der Waals surface area contributed by atoms with Gasteiger partial charge in [0.05, 0.1) is 13.0 Å². The number of nitrogens with one attached hydrogen (secondary N) is 2. The summed E-state index contributed by atoms with van der Waals surface area (Å²) in [7, 11) is 0. The van der Waals surface area contributed by atoms with Gasteiger partial charge < -0.3 is 21.3 Å². The molecule has 204 valence electrons. The van der Waals surface area contributed by atoms with Crippen LogP contribution >= 0.6 is 0 Å². The molecule has 3 aromatic rings. The van der Waals surface area contributed by atoms with Gasteiger partial charge in [-0.05, 0) is 67.5 Å². The van der Waals surface area contributed by atoms with Gasteiger partial charge in [0.25, 0.3) is 0 Å². The van der Waals surface area contributed by atoms with Gasteiger partial charge in [-0.2, -0.15) is 0 Å². The van der Waals surface area contributed by atoms with Gasteiger partial charge >= 0.3 is 0 Å². The molecule has 0 bridgehead atoms. The number of carbonyl (C=O) groups is 3. The van der Waals surface area contributed by atoms with Crippen LogP contribution in [-0.2, 0) is 33.8 Å². The molecule has 0 aliphatic carbocycles. The fourth-order valence-corrected chi connectivity index (χ4v) is 5.03. The monoisotopic (exact) mass is 526 g/mol. The van der Waals surface area contributed by atoms with Crippen molar-refractivity contribution in [1.82, 2.24) is 10.6 Å². The molecule has 0 spiro atoms. The topological polar surface area (TPSA) is 105 Å². The van der Waals surface area contributed by atoms with Crippen LogP contribution < -0.4 is 21.3 Å². The number of aryl methyl sites for hydroxylation is 1. The van der Waals surface area contributed by atoms with Crippen LogP contribution in [0.4, 0.5) is 5.69 Å². The fraction of sp³-hybridized carbons (Fsp3) is 0.344. The van der Waals surface area contributed by atoms with E-state index in [1.54, 1.807) is 18.7 Å². The molecule has 0 saturated heterocycles. The Bertz CT molecular complexity index is 1330. The van der Waals surface area contributed by atoms with E-state index in [0.29, 0.717) is 32.4 Å². The summed E-state index contributed by atoms with van der Waals surface area (Å²) >= 11 is 0. The van der Waals surface area contributed by atoms with E-state index in [0.717, 1.165) is 33.5 Å². The zero-order valence-corrected chi connectivity index (χ0v) is 23.0. The van der Waals surface area contributed by atoms with Crippen molar-refractivity contribution in [3.63, 3.8) is 0 Å². The standard InChI is InChI=1S/C32H38N4O3/c1-4-34-29(37)19-25-10-5-7-11-26(25)23-15-13-22(14-16-23)21-36-28-12-8-6-9-24(28)17-18-27(31(36)39)35-30(38)20-32(2,3)33/h5-16,27H,4,17-21,33H2,1-3H3,(H,34,37)(H,35,38)/t27-/m1/s1. The number of anilines is 1. The van der Waals surface area contributed by atoms with Crippen LogP contribution in [0.25, 0.3) is 11.1 Å². The summed E-state index contributed by atoms with van der Waals surface area (Å²) in [6, 6.07) is 23.3. The van der Waals surface area contributed by atoms with E-state index in [4.69, 9.17) is 5.73 Å². The average molecular weight is 527 g/mol. The highest BCUT2D eigenvalue weighted by Crippen LogP contribution is 2.30. The highest BCUT2D eigenvalue weighted by Gasteiger charge is 2.32. The lowest BCUT2D eigenvalue weighted by Gasteiger charge is -2.27. The summed E-state index contributed by atoms with van der Waals surface area (Å²) in [6.45, 7) is 6.49. The van der Waals surface area contributed by atoms with Gasteiger partial charge in [-0.25, -0.2) is 0 Å². The van der Waals surface area contributed by atoms with Crippen molar-refractivity contribution in [3.8, 4) is 11.1 Å². The highest BCUT2D eigenvalue weighted by atomic mass is 16.2. The van der Waals surface area contributed by atoms with Gasteiger partial charge in [0, 0.05) is 24.2 Å². The van der Waals surface area contributed by atoms with Crippen molar-refractivity contribution in [2.45, 2.75) is 64.6 Å². The number of likely N-dealkylation sites (N-methyl/N-ethyl adjacent to an activating group) is 1. The first-order valence-corrected chi connectivity index (χ1v) is 13.6. The van der Waals surface area contributed by atoms with Crippen molar-refractivity contribution in [1.29, 1.82) is 0 Å². The van der Waals surface area contributed by atoms with Gasteiger partial charge in [-0.1, -0.05) is 66.7 Å². The molecule has 4 rings (SSSR count). The highest BCUT2D eigenvalue weighted by molar-refractivity contribution is 6.00. The van der Waals surface area contributed by atoms with Gasteiger partial charge in [-0.3, -0.25) is 14.4 Å². The first-order chi connectivity index (χ1) is 18.6. The van der Waals surface area contributed by atoms with Crippen LogP contribution in [0.5, 0.6) is 0 Å². The maximum atomic E-state index is 13.7. The van der Waals surface area contributed by atoms with Crippen LogP contribution in [0.3, 0.4) is 0 Å². The van der Waals surface area contributed by atoms with Gasteiger partial charge in [-0.15, -0.1) is 0 Å². The molecular formula is C32H38N4O3. The van der Waals surface area contributed by atoms with Crippen LogP contribution in [0.1, 0.15) is 50.3 Å². The van der Waals surface area contributed by atoms with E-state index in [1.807, 2.05) is 79.7 Å². The number of fused-ring (bicyclic) bond motifs is 1. The zero-order valence-electron chi connectivity index (χ0n) is 23.0. The minimum absolute atomic E-state index is 0.00316. The number of hydrogen-bond donors (Lipinski definition) is 3. The molecule has 0 radical (unpaired) electrons. The van der Waals surface area contributed by atoms with Gasteiger partial charge in [0.2, 0.25) is 17.7 Å². The summed E-state index contributed by atoms with van der Waals surface area (Å²) in [4.78, 5) is 40.4. The lowest BCUT2D eigenvalue weighted by molar-refractivity contribution is -0.128. The average Bonchev–Trinajstić information content (AvgIpc) is 3.01. The van der Waals surface area contributed by atoms with Gasteiger partial charge in [0.15, 0.2) is 0 Å². The SMILES string of the molecule is CCNC(=O)Cc1ccccc1-c1ccc(CN2C(=O)[C@H](NC(=O)CC(C)(C)N)CCc3ccccc32)cc1. The molecule has 4 N–H and O–H groups in total. The Hall–Kier alpha value is -3.97. The second-order valence-corrected chi connectivity index (χ2v) is 10.9. The molecule has 7 nitrogen and oxygen atoms in total. The molecule has 3 amide bonds. The van der Waals surface area contributed by atoms with E-state index in [9.17, 15) is 14.4 Å². The molecule has 7 heteroatoms. The Kier molecular flexibility index (Phi) is 8.82. The molecular weight excluding hydrogens is 488 g/mol. The fourth-order valence-electron chi connectivity index (χ4n) is 5.03. The lowest BCUT2D eigenvalue weighted by Crippen LogP contribution is -2.49. The number of nitrogens with zero attached hydrogens (tertiary/aromatic N) is 1. The van der Waals surface area contributed by atoms with Crippen LogP contribution in [-0.4, -0.2) is 35.8 Å². The van der Waals surface area contributed by atoms with Crippen molar-refractivity contribution < 1.29 is 14.4 Å². The Morgan fingerprint density at radius 2 is 1.67 bits per heavy atom. The van der Waals surface area contributed by atoms with Crippen LogP contribution in [0.2, 0.25) is 0 Å². The van der Waals surface area contributed by atoms with Crippen molar-refractivity contribution >= 4 is 23.4 Å². The minimum atomic E-state index is -0.652. The van der Waals surface area contributed by atoms with E-state index in [-0.39, 0.29) is 24.1 Å². The maximum absolute atomic E-state index is 13.7. The largest absolute Gasteiger partial charge is 0.356 e. The van der Waals surface area contributed by atoms with Crippen LogP contribution in [0, 0.1) is 0 Å². The Morgan fingerprint density at radius 1 is 0.974 bits per heavy atom. The number of amides is 3.